The maximum Gasteiger partial charge on any atom is 0.120 e. The lowest BCUT2D eigenvalue weighted by Gasteiger charge is -2.12. The standard InChI is InChI=1S/C12H14N2O/c1-9-6-11(3-2-10(9)7-13)15-12-4-5-14-8-12/h2-3,6,12,14H,4-5,8H2,1H3. The first kappa shape index (κ1) is 10.0. The minimum Gasteiger partial charge on any atom is -0.489 e. The lowest BCUT2D eigenvalue weighted by Crippen LogP contribution is -2.19. The molecule has 0 amide bonds. The summed E-state index contributed by atoms with van der Waals surface area (Å²) in [5.41, 5.74) is 1.69. The number of nitrogens with one attached hydrogen (secondary N) is 1. The molecule has 3 heteroatoms. The highest BCUT2D eigenvalue weighted by molar-refractivity contribution is 5.41. The van der Waals surface area contributed by atoms with Crippen molar-refractivity contribution in [2.75, 3.05) is 13.1 Å². The van der Waals surface area contributed by atoms with Crippen LogP contribution in [0.15, 0.2) is 18.2 Å². The number of benzene rings is 1. The van der Waals surface area contributed by atoms with Crippen LogP contribution in [0.25, 0.3) is 0 Å². The second kappa shape index (κ2) is 4.33. The first-order valence-electron chi connectivity index (χ1n) is 5.18. The Morgan fingerprint density at radius 1 is 1.53 bits per heavy atom. The van der Waals surface area contributed by atoms with Crippen molar-refractivity contribution in [2.45, 2.75) is 19.4 Å². The average molecular weight is 202 g/mol. The van der Waals surface area contributed by atoms with Gasteiger partial charge < -0.3 is 10.1 Å². The van der Waals surface area contributed by atoms with E-state index in [1.54, 1.807) is 0 Å². The second-order valence-corrected chi connectivity index (χ2v) is 3.82. The third-order valence-electron chi connectivity index (χ3n) is 2.64. The largest absolute Gasteiger partial charge is 0.489 e. The highest BCUT2D eigenvalue weighted by Crippen LogP contribution is 2.19. The molecule has 1 aliphatic rings. The van der Waals surface area contributed by atoms with Crippen molar-refractivity contribution in [3.05, 3.63) is 29.3 Å². The molecule has 0 bridgehead atoms. The normalized spacial score (nSPS) is 19.9. The number of ether oxygens (including phenoxy) is 1. The van der Waals surface area contributed by atoms with Crippen LogP contribution in [0.5, 0.6) is 5.75 Å². The van der Waals surface area contributed by atoms with Gasteiger partial charge in [0.05, 0.1) is 11.6 Å². The quantitative estimate of drug-likeness (QED) is 0.792. The Kier molecular flexibility index (Phi) is 2.89. The van der Waals surface area contributed by atoms with E-state index in [0.717, 1.165) is 30.8 Å². The fraction of sp³-hybridized carbons (Fsp3) is 0.417. The van der Waals surface area contributed by atoms with Crippen LogP contribution >= 0.6 is 0 Å². The molecule has 1 saturated heterocycles. The Bertz CT molecular complexity index is 389. The number of hydrogen-bond donors (Lipinski definition) is 1. The van der Waals surface area contributed by atoms with E-state index in [-0.39, 0.29) is 6.10 Å². The highest BCUT2D eigenvalue weighted by Gasteiger charge is 2.15. The smallest absolute Gasteiger partial charge is 0.120 e. The van der Waals surface area contributed by atoms with E-state index in [4.69, 9.17) is 10.00 Å². The van der Waals surface area contributed by atoms with Crippen LogP contribution in [0.1, 0.15) is 17.5 Å². The topological polar surface area (TPSA) is 45.0 Å². The third kappa shape index (κ3) is 2.28. The summed E-state index contributed by atoms with van der Waals surface area (Å²) in [4.78, 5) is 0. The Hall–Kier alpha value is -1.53. The van der Waals surface area contributed by atoms with Crippen molar-refractivity contribution < 1.29 is 4.74 Å². The molecule has 0 radical (unpaired) electrons. The monoisotopic (exact) mass is 202 g/mol. The fourth-order valence-corrected chi connectivity index (χ4v) is 1.76. The first-order chi connectivity index (χ1) is 7.29. The Labute approximate surface area is 89.7 Å². The predicted molar refractivity (Wildman–Crippen MR) is 57.8 cm³/mol. The van der Waals surface area contributed by atoms with Crippen molar-refractivity contribution in [1.29, 1.82) is 5.26 Å². The Balaban J connectivity index is 2.09. The van der Waals surface area contributed by atoms with Gasteiger partial charge in [-0.3, -0.25) is 0 Å². The highest BCUT2D eigenvalue weighted by atomic mass is 16.5. The number of nitrogens with zero attached hydrogens (tertiary/aromatic N) is 1. The molecule has 0 saturated carbocycles. The summed E-state index contributed by atoms with van der Waals surface area (Å²) in [6, 6.07) is 7.75. The van der Waals surface area contributed by atoms with Gasteiger partial charge in [0.2, 0.25) is 0 Å². The van der Waals surface area contributed by atoms with E-state index >= 15 is 0 Å². The van der Waals surface area contributed by atoms with Crippen molar-refractivity contribution in [2.24, 2.45) is 0 Å². The molecular weight excluding hydrogens is 188 g/mol. The summed E-state index contributed by atoms with van der Waals surface area (Å²) in [5, 5.41) is 12.0. The van der Waals surface area contributed by atoms with Gasteiger partial charge in [0.15, 0.2) is 0 Å². The molecule has 2 rings (SSSR count). The van der Waals surface area contributed by atoms with Crippen LogP contribution in [0, 0.1) is 18.3 Å². The Morgan fingerprint density at radius 2 is 2.40 bits per heavy atom. The van der Waals surface area contributed by atoms with Gasteiger partial charge in [-0.1, -0.05) is 0 Å². The average Bonchev–Trinajstić information content (AvgIpc) is 2.71. The molecule has 15 heavy (non-hydrogen) atoms. The first-order valence-corrected chi connectivity index (χ1v) is 5.18. The molecule has 1 aromatic rings. The van der Waals surface area contributed by atoms with E-state index < -0.39 is 0 Å². The lowest BCUT2D eigenvalue weighted by atomic mass is 10.1. The zero-order valence-electron chi connectivity index (χ0n) is 8.79. The van der Waals surface area contributed by atoms with Crippen molar-refractivity contribution >= 4 is 0 Å². The van der Waals surface area contributed by atoms with Crippen LogP contribution in [-0.4, -0.2) is 19.2 Å². The van der Waals surface area contributed by atoms with Gasteiger partial charge in [0.1, 0.15) is 11.9 Å². The predicted octanol–water partition coefficient (Wildman–Crippen LogP) is 1.61. The number of hydrogen-bond acceptors (Lipinski definition) is 3. The minimum atomic E-state index is 0.275. The minimum absolute atomic E-state index is 0.275. The van der Waals surface area contributed by atoms with Crippen LogP contribution in [0.3, 0.4) is 0 Å². The van der Waals surface area contributed by atoms with Gasteiger partial charge >= 0.3 is 0 Å². The van der Waals surface area contributed by atoms with E-state index in [9.17, 15) is 0 Å². The molecule has 1 atom stereocenters. The van der Waals surface area contributed by atoms with E-state index in [0.29, 0.717) is 5.56 Å². The maximum absolute atomic E-state index is 8.79. The molecule has 0 aromatic heterocycles. The fourth-order valence-electron chi connectivity index (χ4n) is 1.76. The molecule has 78 valence electrons. The zero-order valence-corrected chi connectivity index (χ0v) is 8.79. The summed E-state index contributed by atoms with van der Waals surface area (Å²) in [7, 11) is 0. The van der Waals surface area contributed by atoms with Crippen molar-refractivity contribution in [1.82, 2.24) is 5.32 Å². The summed E-state index contributed by atoms with van der Waals surface area (Å²) in [5.74, 6) is 0.861. The summed E-state index contributed by atoms with van der Waals surface area (Å²) in [6.45, 7) is 3.87. The van der Waals surface area contributed by atoms with Gasteiger partial charge in [-0.05, 0) is 43.7 Å². The molecule has 0 aliphatic carbocycles. The molecule has 0 spiro atoms. The number of nitriles is 1. The van der Waals surface area contributed by atoms with Crippen LogP contribution in [0.2, 0.25) is 0 Å². The molecule has 1 aromatic carbocycles. The second-order valence-electron chi connectivity index (χ2n) is 3.82. The molecule has 1 aliphatic heterocycles. The zero-order chi connectivity index (χ0) is 10.7. The summed E-state index contributed by atoms with van der Waals surface area (Å²) < 4.78 is 5.78. The maximum atomic E-state index is 8.79. The van der Waals surface area contributed by atoms with E-state index in [1.165, 1.54) is 0 Å². The number of aryl methyl sites for hydroxylation is 1. The molecule has 1 fully saturated rings. The van der Waals surface area contributed by atoms with E-state index in [1.807, 2.05) is 25.1 Å². The van der Waals surface area contributed by atoms with Crippen molar-refractivity contribution in [3.8, 4) is 11.8 Å². The summed E-state index contributed by atoms with van der Waals surface area (Å²) in [6.07, 6.45) is 1.33. The SMILES string of the molecule is Cc1cc(OC2CCNC2)ccc1C#N. The van der Waals surface area contributed by atoms with Gasteiger partial charge in [0.25, 0.3) is 0 Å². The summed E-state index contributed by atoms with van der Waals surface area (Å²) >= 11 is 0. The van der Waals surface area contributed by atoms with Crippen LogP contribution < -0.4 is 10.1 Å². The molecule has 3 nitrogen and oxygen atoms in total. The molecular formula is C12H14N2O. The lowest BCUT2D eigenvalue weighted by molar-refractivity contribution is 0.223. The van der Waals surface area contributed by atoms with Gasteiger partial charge in [-0.2, -0.15) is 5.26 Å². The Morgan fingerprint density at radius 3 is 3.00 bits per heavy atom. The molecule has 1 N–H and O–H groups in total. The molecule has 1 heterocycles. The van der Waals surface area contributed by atoms with Gasteiger partial charge in [-0.25, -0.2) is 0 Å². The van der Waals surface area contributed by atoms with Crippen LogP contribution in [0.4, 0.5) is 0 Å². The number of rotatable bonds is 2. The third-order valence-corrected chi connectivity index (χ3v) is 2.64. The van der Waals surface area contributed by atoms with E-state index in [2.05, 4.69) is 11.4 Å². The van der Waals surface area contributed by atoms with Gasteiger partial charge in [0, 0.05) is 6.54 Å². The van der Waals surface area contributed by atoms with Gasteiger partial charge in [-0.15, -0.1) is 0 Å². The van der Waals surface area contributed by atoms with Crippen LogP contribution in [-0.2, 0) is 0 Å². The van der Waals surface area contributed by atoms with Crippen molar-refractivity contribution in [3.63, 3.8) is 0 Å². The molecule has 1 unspecified atom stereocenters.